The van der Waals surface area contributed by atoms with Crippen LogP contribution in [-0.2, 0) is 10.2 Å². The predicted octanol–water partition coefficient (Wildman–Crippen LogP) is 1.25. The monoisotopic (exact) mass is 347 g/mol. The maximum Gasteiger partial charge on any atom is 0.280 e. The van der Waals surface area contributed by atoms with Gasteiger partial charge in [0, 0.05) is 36.7 Å². The highest BCUT2D eigenvalue weighted by Crippen LogP contribution is 2.19. The van der Waals surface area contributed by atoms with E-state index in [-0.39, 0.29) is 6.04 Å². The van der Waals surface area contributed by atoms with Gasteiger partial charge in [-0.2, -0.15) is 17.4 Å². The van der Waals surface area contributed by atoms with Crippen LogP contribution in [0.1, 0.15) is 18.5 Å². The van der Waals surface area contributed by atoms with Crippen LogP contribution in [0.5, 0.6) is 0 Å². The molecule has 0 aliphatic carbocycles. The van der Waals surface area contributed by atoms with Crippen molar-refractivity contribution in [3.05, 3.63) is 34.3 Å². The normalized spacial score (nSPS) is 19.3. The molecule has 0 radical (unpaired) electrons. The van der Waals surface area contributed by atoms with Crippen LogP contribution in [0.15, 0.2) is 28.7 Å². The molecule has 1 atom stereocenters. The van der Waals surface area contributed by atoms with Gasteiger partial charge in [0.05, 0.1) is 0 Å². The first-order chi connectivity index (χ1) is 8.99. The van der Waals surface area contributed by atoms with E-state index in [0.29, 0.717) is 26.2 Å². The van der Waals surface area contributed by atoms with E-state index in [9.17, 15) is 8.42 Å². The topological polar surface area (TPSA) is 61.4 Å². The standard InChI is InChI=1S/C12H18BrN3O2S/c1-10(11-3-2-4-12(13)9-11)15-19(17,18)16-7-5-14-6-8-16/h2-4,9-10,14-15H,5-8H2,1H3. The maximum absolute atomic E-state index is 12.2. The van der Waals surface area contributed by atoms with E-state index in [1.165, 1.54) is 4.31 Å². The number of rotatable bonds is 4. The van der Waals surface area contributed by atoms with Crippen LogP contribution >= 0.6 is 15.9 Å². The summed E-state index contributed by atoms with van der Waals surface area (Å²) >= 11 is 3.39. The van der Waals surface area contributed by atoms with Crippen LogP contribution in [0, 0.1) is 0 Å². The molecule has 1 unspecified atom stereocenters. The number of nitrogens with one attached hydrogen (secondary N) is 2. The Morgan fingerprint density at radius 2 is 2.05 bits per heavy atom. The SMILES string of the molecule is CC(NS(=O)(=O)N1CCNCC1)c1cccc(Br)c1. The van der Waals surface area contributed by atoms with Gasteiger partial charge in [-0.3, -0.25) is 0 Å². The van der Waals surface area contributed by atoms with Crippen LogP contribution in [0.25, 0.3) is 0 Å². The highest BCUT2D eigenvalue weighted by Gasteiger charge is 2.25. The molecular formula is C12H18BrN3O2S. The molecule has 0 amide bonds. The predicted molar refractivity (Wildman–Crippen MR) is 79.1 cm³/mol. The molecule has 0 aromatic heterocycles. The number of hydrogen-bond donors (Lipinski definition) is 2. The molecule has 5 nitrogen and oxygen atoms in total. The Kier molecular flexibility index (Phi) is 4.97. The second-order valence-electron chi connectivity index (χ2n) is 4.55. The average Bonchev–Trinajstić information content (AvgIpc) is 2.39. The van der Waals surface area contributed by atoms with Crippen LogP contribution in [0.3, 0.4) is 0 Å². The Morgan fingerprint density at radius 1 is 1.37 bits per heavy atom. The minimum atomic E-state index is -3.42. The first-order valence-corrected chi connectivity index (χ1v) is 8.46. The number of nitrogens with zero attached hydrogens (tertiary/aromatic N) is 1. The van der Waals surface area contributed by atoms with Crippen molar-refractivity contribution in [1.29, 1.82) is 0 Å². The average molecular weight is 348 g/mol. The number of halogens is 1. The molecule has 2 N–H and O–H groups in total. The fraction of sp³-hybridized carbons (Fsp3) is 0.500. The van der Waals surface area contributed by atoms with Gasteiger partial charge >= 0.3 is 0 Å². The van der Waals surface area contributed by atoms with Crippen molar-refractivity contribution in [1.82, 2.24) is 14.3 Å². The zero-order valence-electron chi connectivity index (χ0n) is 10.8. The van der Waals surface area contributed by atoms with Gasteiger partial charge in [-0.1, -0.05) is 28.1 Å². The fourth-order valence-corrected chi connectivity index (χ4v) is 3.84. The van der Waals surface area contributed by atoms with Crippen molar-refractivity contribution in [2.24, 2.45) is 0 Å². The molecule has 0 bridgehead atoms. The molecule has 7 heteroatoms. The van der Waals surface area contributed by atoms with Crippen LogP contribution in [0.2, 0.25) is 0 Å². The minimum absolute atomic E-state index is 0.252. The van der Waals surface area contributed by atoms with Crippen molar-refractivity contribution in [3.63, 3.8) is 0 Å². The molecule has 1 aliphatic heterocycles. The summed E-state index contributed by atoms with van der Waals surface area (Å²) in [6.07, 6.45) is 0. The molecule has 1 aromatic rings. The van der Waals surface area contributed by atoms with Gasteiger partial charge in [0.15, 0.2) is 0 Å². The lowest BCUT2D eigenvalue weighted by Crippen LogP contribution is -2.50. The molecule has 19 heavy (non-hydrogen) atoms. The summed E-state index contributed by atoms with van der Waals surface area (Å²) in [6, 6.07) is 7.40. The first kappa shape index (κ1) is 14.9. The van der Waals surface area contributed by atoms with E-state index in [1.807, 2.05) is 31.2 Å². The molecule has 2 rings (SSSR count). The number of hydrogen-bond acceptors (Lipinski definition) is 3. The minimum Gasteiger partial charge on any atom is -0.314 e. The highest BCUT2D eigenvalue weighted by molar-refractivity contribution is 9.10. The second kappa shape index (κ2) is 6.32. The summed E-state index contributed by atoms with van der Waals surface area (Å²) < 4.78 is 29.6. The molecule has 0 spiro atoms. The molecule has 1 heterocycles. The Balaban J connectivity index is 2.07. The van der Waals surface area contributed by atoms with E-state index >= 15 is 0 Å². The maximum atomic E-state index is 12.2. The molecule has 0 saturated carbocycles. The molecule has 1 aromatic carbocycles. The van der Waals surface area contributed by atoms with Crippen molar-refractivity contribution in [2.75, 3.05) is 26.2 Å². The second-order valence-corrected chi connectivity index (χ2v) is 7.17. The lowest BCUT2D eigenvalue weighted by atomic mass is 10.1. The lowest BCUT2D eigenvalue weighted by molar-refractivity contribution is 0.352. The van der Waals surface area contributed by atoms with Crippen LogP contribution < -0.4 is 10.0 Å². The van der Waals surface area contributed by atoms with Crippen molar-refractivity contribution in [2.45, 2.75) is 13.0 Å². The largest absolute Gasteiger partial charge is 0.314 e. The van der Waals surface area contributed by atoms with Gasteiger partial charge < -0.3 is 5.32 Å². The third-order valence-corrected chi connectivity index (χ3v) is 5.28. The Bertz CT molecular complexity index is 530. The smallest absolute Gasteiger partial charge is 0.280 e. The van der Waals surface area contributed by atoms with Crippen molar-refractivity contribution < 1.29 is 8.42 Å². The molecule has 1 aliphatic rings. The lowest BCUT2D eigenvalue weighted by Gasteiger charge is -2.28. The first-order valence-electron chi connectivity index (χ1n) is 6.22. The summed E-state index contributed by atoms with van der Waals surface area (Å²) in [5, 5.41) is 3.14. The zero-order chi connectivity index (χ0) is 13.9. The fourth-order valence-electron chi connectivity index (χ4n) is 2.03. The zero-order valence-corrected chi connectivity index (χ0v) is 13.2. The number of piperazine rings is 1. The molecule has 106 valence electrons. The number of benzene rings is 1. The van der Waals surface area contributed by atoms with Gasteiger partial charge in [0.25, 0.3) is 10.2 Å². The summed E-state index contributed by atoms with van der Waals surface area (Å²) in [5.41, 5.74) is 0.938. The Labute approximate surface area is 122 Å². The van der Waals surface area contributed by atoms with Gasteiger partial charge in [-0.15, -0.1) is 0 Å². The Morgan fingerprint density at radius 3 is 2.68 bits per heavy atom. The molecule has 1 saturated heterocycles. The van der Waals surface area contributed by atoms with E-state index < -0.39 is 10.2 Å². The van der Waals surface area contributed by atoms with Crippen molar-refractivity contribution >= 4 is 26.1 Å². The van der Waals surface area contributed by atoms with E-state index in [2.05, 4.69) is 26.0 Å². The van der Waals surface area contributed by atoms with E-state index in [1.54, 1.807) is 0 Å². The van der Waals surface area contributed by atoms with Gasteiger partial charge in [-0.05, 0) is 24.6 Å². The molecule has 1 fully saturated rings. The summed E-state index contributed by atoms with van der Waals surface area (Å²) in [4.78, 5) is 0. The van der Waals surface area contributed by atoms with E-state index in [0.717, 1.165) is 10.0 Å². The molecular weight excluding hydrogens is 330 g/mol. The summed E-state index contributed by atoms with van der Waals surface area (Å²) in [6.45, 7) is 4.28. The quantitative estimate of drug-likeness (QED) is 0.861. The van der Waals surface area contributed by atoms with E-state index in [4.69, 9.17) is 0 Å². The highest BCUT2D eigenvalue weighted by atomic mass is 79.9. The summed E-state index contributed by atoms with van der Waals surface area (Å²) in [5.74, 6) is 0. The van der Waals surface area contributed by atoms with Crippen molar-refractivity contribution in [3.8, 4) is 0 Å². The summed E-state index contributed by atoms with van der Waals surface area (Å²) in [7, 11) is -3.42. The van der Waals surface area contributed by atoms with Gasteiger partial charge in [0.2, 0.25) is 0 Å². The third kappa shape index (κ3) is 4.00. The Hall–Kier alpha value is -0.470. The van der Waals surface area contributed by atoms with Crippen LogP contribution in [0.4, 0.5) is 0 Å². The van der Waals surface area contributed by atoms with Crippen LogP contribution in [-0.4, -0.2) is 38.9 Å². The van der Waals surface area contributed by atoms with Gasteiger partial charge in [-0.25, -0.2) is 0 Å². The van der Waals surface area contributed by atoms with Gasteiger partial charge in [0.1, 0.15) is 0 Å². The third-order valence-electron chi connectivity index (χ3n) is 3.09.